The molecule has 0 saturated carbocycles. The second-order valence-corrected chi connectivity index (χ2v) is 7.04. The molecule has 5 nitrogen and oxygen atoms in total. The van der Waals surface area contributed by atoms with Crippen LogP contribution in [0.25, 0.3) is 17.2 Å². The van der Waals surface area contributed by atoms with E-state index in [9.17, 15) is 14.7 Å². The molecule has 1 N–H and O–H groups in total. The number of halogens is 2. The van der Waals surface area contributed by atoms with Gasteiger partial charge in [0.2, 0.25) is 0 Å². The highest BCUT2D eigenvalue weighted by atomic mass is 35.5. The summed E-state index contributed by atoms with van der Waals surface area (Å²) in [5, 5.41) is 11.2. The van der Waals surface area contributed by atoms with Crippen LogP contribution < -0.4 is 0 Å². The van der Waals surface area contributed by atoms with Gasteiger partial charge in [0, 0.05) is 29.5 Å². The van der Waals surface area contributed by atoms with E-state index < -0.39 is 17.7 Å². The molecule has 0 atom stereocenters. The van der Waals surface area contributed by atoms with Crippen LogP contribution in [0.1, 0.15) is 19.4 Å². The first-order valence-corrected chi connectivity index (χ1v) is 8.38. The Bertz CT molecular complexity index is 905. The first-order valence-electron chi connectivity index (χ1n) is 7.62. The van der Waals surface area contributed by atoms with E-state index in [0.717, 1.165) is 5.56 Å². The van der Waals surface area contributed by atoms with Crippen LogP contribution in [0, 0.1) is 0 Å². The molecular formula is C19H14Cl2O5. The minimum atomic E-state index is -1.32. The lowest BCUT2D eigenvalue weighted by Gasteiger charge is -2.29. The number of hydrogen-bond acceptors (Lipinski definition) is 5. The van der Waals surface area contributed by atoms with E-state index in [4.69, 9.17) is 32.7 Å². The molecule has 1 aliphatic heterocycles. The highest BCUT2D eigenvalue weighted by Gasteiger charge is 2.38. The lowest BCUT2D eigenvalue weighted by Crippen LogP contribution is -2.41. The lowest BCUT2D eigenvalue weighted by molar-refractivity contribution is -0.222. The number of cyclic esters (lactones) is 2. The van der Waals surface area contributed by atoms with Gasteiger partial charge in [-0.2, -0.15) is 0 Å². The number of aromatic hydroxyl groups is 1. The quantitative estimate of drug-likeness (QED) is 0.459. The van der Waals surface area contributed by atoms with Gasteiger partial charge in [0.15, 0.2) is 0 Å². The molecule has 0 spiro atoms. The Morgan fingerprint density at radius 3 is 2.04 bits per heavy atom. The zero-order chi connectivity index (χ0) is 19.1. The molecule has 0 aromatic heterocycles. The topological polar surface area (TPSA) is 72.8 Å². The Labute approximate surface area is 159 Å². The van der Waals surface area contributed by atoms with E-state index in [1.807, 2.05) is 0 Å². The van der Waals surface area contributed by atoms with Crippen molar-refractivity contribution in [2.24, 2.45) is 0 Å². The van der Waals surface area contributed by atoms with Gasteiger partial charge in [0.25, 0.3) is 5.79 Å². The number of phenols is 1. The Hall–Kier alpha value is -2.50. The normalized spacial score (nSPS) is 16.1. The van der Waals surface area contributed by atoms with Gasteiger partial charge in [0.05, 0.1) is 0 Å². The van der Waals surface area contributed by atoms with Crippen LogP contribution in [0.15, 0.2) is 42.0 Å². The van der Waals surface area contributed by atoms with Crippen LogP contribution in [-0.4, -0.2) is 22.8 Å². The first-order chi connectivity index (χ1) is 12.1. The van der Waals surface area contributed by atoms with Crippen LogP contribution in [0.3, 0.4) is 0 Å². The molecule has 0 unspecified atom stereocenters. The van der Waals surface area contributed by atoms with Crippen LogP contribution in [0.4, 0.5) is 0 Å². The average Bonchev–Trinajstić information content (AvgIpc) is 2.50. The van der Waals surface area contributed by atoms with Gasteiger partial charge in [-0.15, -0.1) is 0 Å². The van der Waals surface area contributed by atoms with Gasteiger partial charge in [-0.25, -0.2) is 9.59 Å². The fourth-order valence-corrected chi connectivity index (χ4v) is 3.03. The minimum absolute atomic E-state index is 0.128. The van der Waals surface area contributed by atoms with Crippen LogP contribution in [0.5, 0.6) is 5.75 Å². The predicted molar refractivity (Wildman–Crippen MR) is 97.8 cm³/mol. The molecule has 0 bridgehead atoms. The maximum Gasteiger partial charge on any atom is 0.348 e. The smallest absolute Gasteiger partial charge is 0.348 e. The molecule has 26 heavy (non-hydrogen) atoms. The van der Waals surface area contributed by atoms with Crippen molar-refractivity contribution in [2.75, 3.05) is 0 Å². The number of esters is 2. The number of rotatable bonds is 2. The van der Waals surface area contributed by atoms with Gasteiger partial charge in [-0.1, -0.05) is 35.3 Å². The van der Waals surface area contributed by atoms with Gasteiger partial charge >= 0.3 is 11.9 Å². The summed E-state index contributed by atoms with van der Waals surface area (Å²) in [5.74, 6) is -3.06. The molecule has 0 aliphatic carbocycles. The minimum Gasteiger partial charge on any atom is -0.507 e. The van der Waals surface area contributed by atoms with Crippen molar-refractivity contribution in [1.82, 2.24) is 0 Å². The highest BCUT2D eigenvalue weighted by molar-refractivity contribution is 6.35. The van der Waals surface area contributed by atoms with E-state index in [0.29, 0.717) is 15.6 Å². The second kappa shape index (κ2) is 6.67. The number of benzene rings is 2. The highest BCUT2D eigenvalue weighted by Crippen LogP contribution is 2.32. The van der Waals surface area contributed by atoms with E-state index in [1.165, 1.54) is 26.0 Å². The van der Waals surface area contributed by atoms with Crippen molar-refractivity contribution in [3.63, 3.8) is 0 Å². The van der Waals surface area contributed by atoms with Crippen LogP contribution >= 0.6 is 23.2 Å². The monoisotopic (exact) mass is 392 g/mol. The molecule has 1 fully saturated rings. The summed E-state index contributed by atoms with van der Waals surface area (Å²) in [6, 6.07) is 9.77. The molecule has 7 heteroatoms. The molecule has 0 amide bonds. The molecule has 2 aromatic rings. The van der Waals surface area contributed by atoms with Gasteiger partial charge < -0.3 is 14.6 Å². The molecular weight excluding hydrogens is 379 g/mol. The Balaban J connectivity index is 1.96. The fourth-order valence-electron chi connectivity index (χ4n) is 2.50. The van der Waals surface area contributed by atoms with Crippen LogP contribution in [-0.2, 0) is 19.1 Å². The number of carbonyl (C=O) groups excluding carboxylic acids is 2. The Morgan fingerprint density at radius 1 is 0.923 bits per heavy atom. The van der Waals surface area contributed by atoms with E-state index in [2.05, 4.69) is 0 Å². The van der Waals surface area contributed by atoms with E-state index in [1.54, 1.807) is 30.3 Å². The van der Waals surface area contributed by atoms with Crippen molar-refractivity contribution in [2.45, 2.75) is 19.6 Å². The van der Waals surface area contributed by atoms with Crippen LogP contribution in [0.2, 0.25) is 10.0 Å². The molecule has 2 aromatic carbocycles. The summed E-state index contributed by atoms with van der Waals surface area (Å²) < 4.78 is 10.1. The maximum atomic E-state index is 12.0. The summed E-state index contributed by atoms with van der Waals surface area (Å²) in [4.78, 5) is 24.0. The average molecular weight is 393 g/mol. The van der Waals surface area contributed by atoms with Crippen molar-refractivity contribution in [3.8, 4) is 16.9 Å². The third kappa shape index (κ3) is 3.84. The largest absolute Gasteiger partial charge is 0.507 e. The number of carbonyl (C=O) groups is 2. The molecule has 3 rings (SSSR count). The first kappa shape index (κ1) is 18.3. The SMILES string of the molecule is CC1(C)OC(=O)C(=Cc2ccc(-c3cc(Cl)cc(Cl)c3)cc2O)C(=O)O1. The molecule has 1 heterocycles. The summed E-state index contributed by atoms with van der Waals surface area (Å²) in [5.41, 5.74) is 1.36. The number of ether oxygens (including phenoxy) is 2. The fraction of sp³-hybridized carbons (Fsp3) is 0.158. The van der Waals surface area contributed by atoms with Gasteiger partial charge in [-0.3, -0.25) is 0 Å². The zero-order valence-corrected chi connectivity index (χ0v) is 15.4. The molecule has 134 valence electrons. The summed E-state index contributed by atoms with van der Waals surface area (Å²) >= 11 is 12.0. The lowest BCUT2D eigenvalue weighted by atomic mass is 10.0. The maximum absolute atomic E-state index is 12.0. The second-order valence-electron chi connectivity index (χ2n) is 6.17. The van der Waals surface area contributed by atoms with Gasteiger partial charge in [-0.05, 0) is 41.5 Å². The van der Waals surface area contributed by atoms with Crippen molar-refractivity contribution in [1.29, 1.82) is 0 Å². The zero-order valence-electron chi connectivity index (χ0n) is 13.9. The standard InChI is InChI=1S/C19H14Cl2O5/c1-19(2)25-17(23)15(18(24)26-19)7-11-4-3-10(8-16(11)22)12-5-13(20)9-14(21)6-12/h3-9,22H,1-2H3. The van der Waals surface area contributed by atoms with Crippen molar-refractivity contribution < 1.29 is 24.2 Å². The molecule has 1 aliphatic rings. The third-order valence-corrected chi connectivity index (χ3v) is 4.08. The summed E-state index contributed by atoms with van der Waals surface area (Å²) in [6.07, 6.45) is 1.23. The summed E-state index contributed by atoms with van der Waals surface area (Å²) in [7, 11) is 0. The number of phenolic OH excluding ortho intramolecular Hbond substituents is 1. The summed E-state index contributed by atoms with van der Waals surface area (Å²) in [6.45, 7) is 2.92. The van der Waals surface area contributed by atoms with E-state index >= 15 is 0 Å². The van der Waals surface area contributed by atoms with Crippen molar-refractivity contribution in [3.05, 3.63) is 57.6 Å². The number of hydrogen-bond donors (Lipinski definition) is 1. The Morgan fingerprint density at radius 2 is 1.50 bits per heavy atom. The Kier molecular flexibility index (Phi) is 4.69. The molecule has 0 radical (unpaired) electrons. The third-order valence-electron chi connectivity index (χ3n) is 3.64. The van der Waals surface area contributed by atoms with E-state index in [-0.39, 0.29) is 16.9 Å². The van der Waals surface area contributed by atoms with Crippen molar-refractivity contribution >= 4 is 41.2 Å². The molecule has 1 saturated heterocycles. The van der Waals surface area contributed by atoms with Gasteiger partial charge in [0.1, 0.15) is 11.3 Å². The predicted octanol–water partition coefficient (Wildman–Crippen LogP) is 4.59.